The molecule has 2 N–H and O–H groups in total. The molecule has 1 unspecified atom stereocenters. The number of halogens is 5. The van der Waals surface area contributed by atoms with Crippen molar-refractivity contribution in [3.8, 4) is 11.1 Å². The molecule has 0 aliphatic heterocycles. The number of aryl methyl sites for hydroxylation is 1. The molecule has 0 radical (unpaired) electrons. The predicted molar refractivity (Wildman–Crippen MR) is 116 cm³/mol. The topological polar surface area (TPSA) is 58.9 Å². The van der Waals surface area contributed by atoms with Gasteiger partial charge in [-0.05, 0) is 36.4 Å². The van der Waals surface area contributed by atoms with Gasteiger partial charge in [0.05, 0.1) is 28.4 Å². The van der Waals surface area contributed by atoms with E-state index in [2.05, 4.69) is 15.7 Å². The van der Waals surface area contributed by atoms with Crippen LogP contribution in [-0.2, 0) is 13.2 Å². The Morgan fingerprint density at radius 2 is 1.90 bits per heavy atom. The number of carbonyl (C=O) groups excluding carboxylic acids is 1. The SMILES string of the molecule is CNCC(NC(=O)c1cccc(C(F)(F)F)c1Cl)c1cccc(-c2cnn(C)c2)c1.Cl. The van der Waals surface area contributed by atoms with E-state index < -0.39 is 28.7 Å². The van der Waals surface area contributed by atoms with E-state index in [1.54, 1.807) is 17.9 Å². The summed E-state index contributed by atoms with van der Waals surface area (Å²) in [5.74, 6) is -0.682. The molecule has 0 saturated carbocycles. The Kier molecular flexibility index (Phi) is 8.11. The Bertz CT molecular complexity index is 1050. The van der Waals surface area contributed by atoms with Crippen LogP contribution in [0.1, 0.15) is 27.5 Å². The molecule has 10 heteroatoms. The van der Waals surface area contributed by atoms with Crippen LogP contribution < -0.4 is 10.6 Å². The first-order chi connectivity index (χ1) is 14.2. The van der Waals surface area contributed by atoms with Gasteiger partial charge >= 0.3 is 6.18 Å². The van der Waals surface area contributed by atoms with Crippen molar-refractivity contribution in [1.29, 1.82) is 0 Å². The Labute approximate surface area is 189 Å². The van der Waals surface area contributed by atoms with E-state index in [9.17, 15) is 18.0 Å². The first kappa shape index (κ1) is 24.7. The summed E-state index contributed by atoms with van der Waals surface area (Å²) in [5.41, 5.74) is 1.35. The fourth-order valence-electron chi connectivity index (χ4n) is 3.12. The lowest BCUT2D eigenvalue weighted by Crippen LogP contribution is -2.35. The van der Waals surface area contributed by atoms with Crippen molar-refractivity contribution in [3.63, 3.8) is 0 Å². The normalized spacial score (nSPS) is 12.2. The highest BCUT2D eigenvalue weighted by atomic mass is 35.5. The molecular formula is C21H21Cl2F3N4O. The van der Waals surface area contributed by atoms with Crippen molar-refractivity contribution in [2.75, 3.05) is 13.6 Å². The molecule has 1 heterocycles. The molecule has 1 atom stereocenters. The maximum atomic E-state index is 13.1. The second kappa shape index (κ2) is 10.2. The van der Waals surface area contributed by atoms with E-state index in [0.717, 1.165) is 22.8 Å². The van der Waals surface area contributed by atoms with Crippen LogP contribution in [0.4, 0.5) is 13.2 Å². The highest BCUT2D eigenvalue weighted by molar-refractivity contribution is 6.34. The molecule has 2 aromatic carbocycles. The van der Waals surface area contributed by atoms with Crippen LogP contribution in [-0.4, -0.2) is 29.3 Å². The zero-order valence-electron chi connectivity index (χ0n) is 16.7. The number of nitrogens with one attached hydrogen (secondary N) is 2. The summed E-state index contributed by atoms with van der Waals surface area (Å²) < 4.78 is 41.0. The maximum absolute atomic E-state index is 13.1. The van der Waals surface area contributed by atoms with Gasteiger partial charge in [-0.3, -0.25) is 9.48 Å². The fraction of sp³-hybridized carbons (Fsp3) is 0.238. The third-order valence-electron chi connectivity index (χ3n) is 4.59. The van der Waals surface area contributed by atoms with Crippen LogP contribution in [0.5, 0.6) is 0 Å². The lowest BCUT2D eigenvalue weighted by molar-refractivity contribution is -0.137. The smallest absolute Gasteiger partial charge is 0.344 e. The van der Waals surface area contributed by atoms with Gasteiger partial charge in [0.2, 0.25) is 0 Å². The number of hydrogen-bond acceptors (Lipinski definition) is 3. The summed E-state index contributed by atoms with van der Waals surface area (Å²) in [6, 6.07) is 10.3. The fourth-order valence-corrected chi connectivity index (χ4v) is 3.44. The van der Waals surface area contributed by atoms with Crippen LogP contribution in [0.25, 0.3) is 11.1 Å². The summed E-state index contributed by atoms with van der Waals surface area (Å²) in [4.78, 5) is 12.8. The van der Waals surface area contributed by atoms with Gasteiger partial charge in [0.1, 0.15) is 0 Å². The number of likely N-dealkylation sites (N-methyl/N-ethyl adjacent to an activating group) is 1. The Hall–Kier alpha value is -2.55. The molecule has 3 rings (SSSR count). The first-order valence-electron chi connectivity index (χ1n) is 9.11. The summed E-state index contributed by atoms with van der Waals surface area (Å²) in [6.07, 6.45) is -1.05. The van der Waals surface area contributed by atoms with E-state index in [-0.39, 0.29) is 18.0 Å². The second-order valence-corrected chi connectivity index (χ2v) is 7.15. The van der Waals surface area contributed by atoms with Gasteiger partial charge in [0, 0.05) is 25.4 Å². The van der Waals surface area contributed by atoms with Crippen molar-refractivity contribution in [2.24, 2.45) is 7.05 Å². The zero-order chi connectivity index (χ0) is 21.9. The molecule has 3 aromatic rings. The summed E-state index contributed by atoms with van der Waals surface area (Å²) in [5, 5.41) is 9.31. The van der Waals surface area contributed by atoms with Crippen molar-refractivity contribution in [3.05, 3.63) is 76.6 Å². The molecule has 0 bridgehead atoms. The second-order valence-electron chi connectivity index (χ2n) is 6.78. The molecule has 0 aliphatic rings. The molecule has 0 spiro atoms. The van der Waals surface area contributed by atoms with E-state index in [1.165, 1.54) is 12.1 Å². The minimum Gasteiger partial charge on any atom is -0.344 e. The largest absolute Gasteiger partial charge is 0.417 e. The van der Waals surface area contributed by atoms with Crippen LogP contribution >= 0.6 is 24.0 Å². The lowest BCUT2D eigenvalue weighted by Gasteiger charge is -2.20. The zero-order valence-corrected chi connectivity index (χ0v) is 18.3. The van der Waals surface area contributed by atoms with Gasteiger partial charge in [-0.25, -0.2) is 0 Å². The molecule has 1 aromatic heterocycles. The van der Waals surface area contributed by atoms with E-state index in [1.807, 2.05) is 37.5 Å². The summed E-state index contributed by atoms with van der Waals surface area (Å²) in [7, 11) is 3.54. The molecular weight excluding hydrogens is 452 g/mol. The number of alkyl halides is 3. The Morgan fingerprint density at radius 1 is 1.19 bits per heavy atom. The molecule has 166 valence electrons. The van der Waals surface area contributed by atoms with E-state index in [0.29, 0.717) is 6.54 Å². The van der Waals surface area contributed by atoms with Gasteiger partial charge < -0.3 is 10.6 Å². The molecule has 0 fully saturated rings. The van der Waals surface area contributed by atoms with Crippen LogP contribution in [0.3, 0.4) is 0 Å². The van der Waals surface area contributed by atoms with Crippen LogP contribution in [0, 0.1) is 0 Å². The first-order valence-corrected chi connectivity index (χ1v) is 9.48. The van der Waals surface area contributed by atoms with Gasteiger partial charge in [0.25, 0.3) is 5.91 Å². The number of nitrogens with zero attached hydrogens (tertiary/aromatic N) is 2. The lowest BCUT2D eigenvalue weighted by atomic mass is 10.0. The van der Waals surface area contributed by atoms with E-state index >= 15 is 0 Å². The average Bonchev–Trinajstić information content (AvgIpc) is 3.13. The minimum absolute atomic E-state index is 0. The standard InChI is InChI=1S/C21H20ClF3N4O.ClH/c1-26-11-18(14-6-3-5-13(9-14)15-10-27-29(2)12-15)28-20(30)16-7-4-8-17(19(16)22)21(23,24)25;/h3-10,12,18,26H,11H2,1-2H3,(H,28,30);1H. The maximum Gasteiger partial charge on any atom is 0.417 e. The van der Waals surface area contributed by atoms with Gasteiger partial charge in [-0.1, -0.05) is 35.9 Å². The van der Waals surface area contributed by atoms with E-state index in [4.69, 9.17) is 11.6 Å². The molecule has 0 aliphatic carbocycles. The summed E-state index contributed by atoms with van der Waals surface area (Å²) >= 11 is 5.90. The Morgan fingerprint density at radius 3 is 2.52 bits per heavy atom. The molecule has 31 heavy (non-hydrogen) atoms. The highest BCUT2D eigenvalue weighted by Crippen LogP contribution is 2.36. The number of amides is 1. The third-order valence-corrected chi connectivity index (χ3v) is 5.00. The summed E-state index contributed by atoms with van der Waals surface area (Å²) in [6.45, 7) is 0.374. The van der Waals surface area contributed by atoms with Crippen LogP contribution in [0.2, 0.25) is 5.02 Å². The van der Waals surface area contributed by atoms with Crippen molar-refractivity contribution < 1.29 is 18.0 Å². The minimum atomic E-state index is -4.64. The highest BCUT2D eigenvalue weighted by Gasteiger charge is 2.34. The molecule has 0 saturated heterocycles. The molecule has 5 nitrogen and oxygen atoms in total. The number of benzene rings is 2. The molecule has 1 amide bonds. The van der Waals surface area contributed by atoms with Gasteiger partial charge in [-0.2, -0.15) is 18.3 Å². The van der Waals surface area contributed by atoms with Crippen LogP contribution in [0.15, 0.2) is 54.9 Å². The average molecular weight is 473 g/mol. The van der Waals surface area contributed by atoms with Crippen molar-refractivity contribution >= 4 is 29.9 Å². The van der Waals surface area contributed by atoms with Gasteiger partial charge in [0.15, 0.2) is 0 Å². The van der Waals surface area contributed by atoms with Crippen molar-refractivity contribution in [1.82, 2.24) is 20.4 Å². The monoisotopic (exact) mass is 472 g/mol. The number of aromatic nitrogens is 2. The predicted octanol–water partition coefficient (Wildman–Crippen LogP) is 4.87. The quantitative estimate of drug-likeness (QED) is 0.537. The number of carbonyl (C=O) groups is 1. The van der Waals surface area contributed by atoms with Gasteiger partial charge in [-0.15, -0.1) is 12.4 Å². The number of rotatable bonds is 6. The third kappa shape index (κ3) is 5.78. The Balaban J connectivity index is 0.00000341. The number of hydrogen-bond donors (Lipinski definition) is 2. The van der Waals surface area contributed by atoms with Crippen molar-refractivity contribution in [2.45, 2.75) is 12.2 Å².